The summed E-state index contributed by atoms with van der Waals surface area (Å²) in [6.07, 6.45) is 1.96. The highest BCUT2D eigenvalue weighted by atomic mass is 32.2. The third kappa shape index (κ3) is 6.58. The Balaban J connectivity index is 2.57. The minimum absolute atomic E-state index is 0.0203. The molecule has 1 rings (SSSR count). The number of rotatable bonds is 10. The van der Waals surface area contributed by atoms with E-state index in [4.69, 9.17) is 9.47 Å². The summed E-state index contributed by atoms with van der Waals surface area (Å²) in [4.78, 5) is 0. The Kier molecular flexibility index (Phi) is 8.07. The first kappa shape index (κ1) is 18.8. The lowest BCUT2D eigenvalue weighted by Crippen LogP contribution is -2.48. The van der Waals surface area contributed by atoms with Crippen molar-refractivity contribution in [3.8, 4) is 0 Å². The van der Waals surface area contributed by atoms with Gasteiger partial charge in [0, 0.05) is 33.9 Å². The van der Waals surface area contributed by atoms with Crippen LogP contribution in [-0.2, 0) is 19.7 Å². The zero-order valence-corrected chi connectivity index (χ0v) is 14.2. The molecule has 1 fully saturated rings. The van der Waals surface area contributed by atoms with Gasteiger partial charge in [0.15, 0.2) is 0 Å². The fourth-order valence-electron chi connectivity index (χ4n) is 2.30. The van der Waals surface area contributed by atoms with Gasteiger partial charge in [0.1, 0.15) is 0 Å². The Morgan fingerprint density at radius 1 is 1.14 bits per heavy atom. The molecule has 1 aliphatic heterocycles. The third-order valence-electron chi connectivity index (χ3n) is 3.92. The second-order valence-corrected chi connectivity index (χ2v) is 7.53. The van der Waals surface area contributed by atoms with Gasteiger partial charge in [-0.25, -0.2) is 4.72 Å². The molecule has 0 atom stereocenters. The maximum absolute atomic E-state index is 12.4. The molecule has 0 bridgehead atoms. The summed E-state index contributed by atoms with van der Waals surface area (Å²) in [5.74, 6) is 0. The highest BCUT2D eigenvalue weighted by Crippen LogP contribution is 2.27. The molecule has 0 radical (unpaired) electrons. The molecule has 0 saturated carbocycles. The first-order valence-corrected chi connectivity index (χ1v) is 8.81. The molecule has 0 amide bonds. The molecule has 21 heavy (non-hydrogen) atoms. The lowest BCUT2D eigenvalue weighted by atomic mass is 9.81. The Hall–Kier alpha value is -0.250. The molecule has 8 heteroatoms. The quantitative estimate of drug-likeness (QED) is 0.582. The van der Waals surface area contributed by atoms with Crippen LogP contribution in [0.2, 0.25) is 0 Å². The predicted octanol–water partition coefficient (Wildman–Crippen LogP) is -0.195. The number of hydrogen-bond donors (Lipinski definition) is 2. The van der Waals surface area contributed by atoms with Crippen LogP contribution in [0.3, 0.4) is 0 Å². The van der Waals surface area contributed by atoms with E-state index in [1.807, 2.05) is 0 Å². The Morgan fingerprint density at radius 2 is 1.67 bits per heavy atom. The summed E-state index contributed by atoms with van der Waals surface area (Å²) in [7, 11) is -0.381. The number of ether oxygens (including phenoxy) is 2. The average molecular weight is 323 g/mol. The van der Waals surface area contributed by atoms with Crippen LogP contribution in [0.25, 0.3) is 0 Å². The van der Waals surface area contributed by atoms with Gasteiger partial charge in [-0.2, -0.15) is 12.7 Å². The molecule has 0 unspecified atom stereocenters. The largest absolute Gasteiger partial charge is 0.383 e. The highest BCUT2D eigenvalue weighted by Gasteiger charge is 2.30. The van der Waals surface area contributed by atoms with Crippen LogP contribution in [-0.4, -0.2) is 72.9 Å². The van der Waals surface area contributed by atoms with Crippen molar-refractivity contribution >= 4 is 10.2 Å². The van der Waals surface area contributed by atoms with Crippen molar-refractivity contribution in [3.05, 3.63) is 0 Å². The van der Waals surface area contributed by atoms with Gasteiger partial charge in [-0.3, -0.25) is 0 Å². The van der Waals surface area contributed by atoms with Crippen LogP contribution in [0.4, 0.5) is 0 Å². The molecular formula is C13H29N3O4S. The van der Waals surface area contributed by atoms with Crippen molar-refractivity contribution in [1.82, 2.24) is 14.3 Å². The van der Waals surface area contributed by atoms with Crippen molar-refractivity contribution in [2.24, 2.45) is 5.41 Å². The number of hydrogen-bond acceptors (Lipinski definition) is 5. The van der Waals surface area contributed by atoms with Crippen molar-refractivity contribution in [1.29, 1.82) is 0 Å². The van der Waals surface area contributed by atoms with Crippen molar-refractivity contribution in [2.75, 3.05) is 60.2 Å². The molecule has 0 aliphatic carbocycles. The van der Waals surface area contributed by atoms with E-state index in [1.165, 1.54) is 4.31 Å². The third-order valence-corrected chi connectivity index (χ3v) is 5.48. The van der Waals surface area contributed by atoms with Crippen LogP contribution >= 0.6 is 0 Å². The summed E-state index contributed by atoms with van der Waals surface area (Å²) in [6, 6.07) is 0. The molecule has 1 heterocycles. The second kappa shape index (κ2) is 9.02. The average Bonchev–Trinajstić information content (AvgIpc) is 2.46. The van der Waals surface area contributed by atoms with Crippen LogP contribution < -0.4 is 10.0 Å². The van der Waals surface area contributed by atoms with Gasteiger partial charge >= 0.3 is 0 Å². The van der Waals surface area contributed by atoms with E-state index in [0.29, 0.717) is 32.8 Å². The fourth-order valence-corrected chi connectivity index (χ4v) is 3.65. The molecule has 0 aromatic rings. The molecule has 1 aliphatic rings. The number of piperidine rings is 1. The highest BCUT2D eigenvalue weighted by molar-refractivity contribution is 7.87. The van der Waals surface area contributed by atoms with Gasteiger partial charge in [0.2, 0.25) is 0 Å². The number of nitrogens with one attached hydrogen (secondary N) is 2. The van der Waals surface area contributed by atoms with Gasteiger partial charge in [-0.05, 0) is 31.3 Å². The lowest BCUT2D eigenvalue weighted by Gasteiger charge is -2.34. The zero-order chi connectivity index (χ0) is 15.8. The van der Waals surface area contributed by atoms with Gasteiger partial charge in [-0.1, -0.05) is 6.92 Å². The first-order valence-electron chi connectivity index (χ1n) is 7.37. The molecule has 0 aromatic carbocycles. The minimum Gasteiger partial charge on any atom is -0.383 e. The molecule has 126 valence electrons. The summed E-state index contributed by atoms with van der Waals surface area (Å²) >= 11 is 0. The van der Waals surface area contributed by atoms with E-state index in [2.05, 4.69) is 17.0 Å². The predicted molar refractivity (Wildman–Crippen MR) is 82.5 cm³/mol. The summed E-state index contributed by atoms with van der Waals surface area (Å²) in [5.41, 5.74) is 0.0203. The maximum Gasteiger partial charge on any atom is 0.279 e. The lowest BCUT2D eigenvalue weighted by molar-refractivity contribution is 0.149. The molecule has 1 saturated heterocycles. The Morgan fingerprint density at radius 3 is 2.14 bits per heavy atom. The summed E-state index contributed by atoms with van der Waals surface area (Å²) in [6.45, 7) is 5.86. The normalized spacial score (nSPS) is 19.0. The Bertz CT molecular complexity index is 375. The summed E-state index contributed by atoms with van der Waals surface area (Å²) in [5, 5.41) is 3.29. The second-order valence-electron chi connectivity index (χ2n) is 5.77. The molecule has 0 spiro atoms. The smallest absolute Gasteiger partial charge is 0.279 e. The fraction of sp³-hybridized carbons (Fsp3) is 1.00. The van der Waals surface area contributed by atoms with Crippen LogP contribution in [0.5, 0.6) is 0 Å². The van der Waals surface area contributed by atoms with Gasteiger partial charge in [0.25, 0.3) is 10.2 Å². The van der Waals surface area contributed by atoms with Crippen molar-refractivity contribution < 1.29 is 17.9 Å². The van der Waals surface area contributed by atoms with Gasteiger partial charge < -0.3 is 14.8 Å². The molecule has 7 nitrogen and oxygen atoms in total. The number of methoxy groups -OCH3 is 2. The Labute approximate surface area is 128 Å². The van der Waals surface area contributed by atoms with E-state index in [1.54, 1.807) is 14.2 Å². The van der Waals surface area contributed by atoms with E-state index in [9.17, 15) is 8.42 Å². The van der Waals surface area contributed by atoms with Crippen molar-refractivity contribution in [3.63, 3.8) is 0 Å². The monoisotopic (exact) mass is 323 g/mol. The van der Waals surface area contributed by atoms with Gasteiger partial charge in [0.05, 0.1) is 13.2 Å². The van der Waals surface area contributed by atoms with Crippen LogP contribution in [0.15, 0.2) is 0 Å². The van der Waals surface area contributed by atoms with Crippen LogP contribution in [0, 0.1) is 5.41 Å². The number of nitrogens with zero attached hydrogens (tertiary/aromatic N) is 1. The molecule has 2 N–H and O–H groups in total. The van der Waals surface area contributed by atoms with E-state index in [-0.39, 0.29) is 5.41 Å². The minimum atomic E-state index is -3.50. The first-order chi connectivity index (χ1) is 9.93. The molecule has 0 aromatic heterocycles. The van der Waals surface area contributed by atoms with Crippen molar-refractivity contribution in [2.45, 2.75) is 19.8 Å². The zero-order valence-electron chi connectivity index (χ0n) is 13.4. The van der Waals surface area contributed by atoms with E-state index < -0.39 is 10.2 Å². The SMILES string of the molecule is COCCN(CCOC)S(=O)(=O)NCC1(C)CCNCC1. The molecular weight excluding hydrogens is 294 g/mol. The van der Waals surface area contributed by atoms with E-state index in [0.717, 1.165) is 25.9 Å². The summed E-state index contributed by atoms with van der Waals surface area (Å²) < 4.78 is 38.9. The topological polar surface area (TPSA) is 79.9 Å². The maximum atomic E-state index is 12.4. The standard InChI is InChI=1S/C13H29N3O4S/c1-13(4-6-14-7-5-13)12-15-21(17,18)16(8-10-19-2)9-11-20-3/h14-15H,4-12H2,1-3H3. The van der Waals surface area contributed by atoms with Gasteiger partial charge in [-0.15, -0.1) is 0 Å². The van der Waals surface area contributed by atoms with E-state index >= 15 is 0 Å². The van der Waals surface area contributed by atoms with Crippen LogP contribution in [0.1, 0.15) is 19.8 Å².